The molecule has 2 aromatic rings. The van der Waals surface area contributed by atoms with Crippen molar-refractivity contribution < 1.29 is 35.5 Å². The van der Waals surface area contributed by atoms with Crippen LogP contribution in [0.5, 0.6) is 5.75 Å². The topological polar surface area (TPSA) is 102 Å². The lowest BCUT2D eigenvalue weighted by Crippen LogP contribution is -2.35. The van der Waals surface area contributed by atoms with Gasteiger partial charge in [-0.2, -0.15) is 13.2 Å². The maximum absolute atomic E-state index is 14.1. The number of nitrogens with one attached hydrogen (secondary N) is 1. The number of aryl methyl sites for hydroxylation is 1. The molecule has 41 heavy (non-hydrogen) atoms. The molecule has 0 atom stereocenters. The number of amides is 1. The summed E-state index contributed by atoms with van der Waals surface area (Å²) in [4.78, 5) is 10.9. The van der Waals surface area contributed by atoms with Gasteiger partial charge in [0.1, 0.15) is 11.6 Å². The maximum atomic E-state index is 14.1. The Bertz CT molecular complexity index is 1190. The summed E-state index contributed by atoms with van der Waals surface area (Å²) in [7, 11) is -3.48. The first kappa shape index (κ1) is 34.5. The van der Waals surface area contributed by atoms with E-state index in [1.54, 1.807) is 12.1 Å². The second-order valence-electron chi connectivity index (χ2n) is 9.97. The molecule has 2 aromatic carbocycles. The summed E-state index contributed by atoms with van der Waals surface area (Å²) in [5.74, 6) is -0.641. The van der Waals surface area contributed by atoms with Crippen molar-refractivity contribution in [3.63, 3.8) is 0 Å². The second-order valence-corrected chi connectivity index (χ2v) is 12.1. The molecule has 0 heterocycles. The Morgan fingerprint density at radius 3 is 2.49 bits per heavy atom. The minimum Gasteiger partial charge on any atom is -0.493 e. The van der Waals surface area contributed by atoms with Crippen molar-refractivity contribution in [1.82, 2.24) is 9.62 Å². The molecule has 0 aliphatic rings. The number of carbonyl (C=O) groups excluding carboxylic acids is 1. The van der Waals surface area contributed by atoms with Crippen molar-refractivity contribution >= 4 is 15.9 Å². The van der Waals surface area contributed by atoms with Gasteiger partial charge in [-0.3, -0.25) is 4.79 Å². The van der Waals surface area contributed by atoms with Gasteiger partial charge in [0.25, 0.3) is 0 Å². The molecule has 230 valence electrons. The number of alkyl halides is 3. The molecular formula is C29H41F4N3O4S. The van der Waals surface area contributed by atoms with Crippen LogP contribution >= 0.6 is 0 Å². The Kier molecular flexibility index (Phi) is 14.6. The minimum absolute atomic E-state index is 0.0306. The number of hydrogen-bond donors (Lipinski definition) is 2. The van der Waals surface area contributed by atoms with Crippen LogP contribution in [-0.4, -0.2) is 50.6 Å². The van der Waals surface area contributed by atoms with Crippen LogP contribution in [0.25, 0.3) is 0 Å². The van der Waals surface area contributed by atoms with E-state index in [1.807, 2.05) is 6.92 Å². The normalized spacial score (nSPS) is 12.1. The highest BCUT2D eigenvalue weighted by molar-refractivity contribution is 7.89. The van der Waals surface area contributed by atoms with E-state index < -0.39 is 33.5 Å². The molecule has 0 saturated carbocycles. The molecule has 0 aromatic heterocycles. The lowest BCUT2D eigenvalue weighted by Gasteiger charge is -2.21. The predicted octanol–water partition coefficient (Wildman–Crippen LogP) is 5.42. The van der Waals surface area contributed by atoms with Crippen LogP contribution in [0.1, 0.15) is 68.6 Å². The van der Waals surface area contributed by atoms with Gasteiger partial charge < -0.3 is 15.8 Å². The molecule has 0 spiro atoms. The van der Waals surface area contributed by atoms with Crippen molar-refractivity contribution in [2.75, 3.05) is 32.0 Å². The van der Waals surface area contributed by atoms with Gasteiger partial charge in [0.05, 0.1) is 17.9 Å². The summed E-state index contributed by atoms with van der Waals surface area (Å²) < 4.78 is 85.0. The second kappa shape index (κ2) is 17.3. The molecule has 0 radical (unpaired) electrons. The van der Waals surface area contributed by atoms with E-state index in [0.717, 1.165) is 30.5 Å². The van der Waals surface area contributed by atoms with Crippen LogP contribution in [0.15, 0.2) is 42.5 Å². The summed E-state index contributed by atoms with van der Waals surface area (Å²) >= 11 is 0. The number of primary amides is 1. The molecule has 2 rings (SSSR count). The predicted molar refractivity (Wildman–Crippen MR) is 151 cm³/mol. The van der Waals surface area contributed by atoms with Crippen molar-refractivity contribution in [1.29, 1.82) is 0 Å². The minimum atomic E-state index is -4.36. The summed E-state index contributed by atoms with van der Waals surface area (Å²) in [6, 6.07) is 9.78. The summed E-state index contributed by atoms with van der Waals surface area (Å²) in [6.07, 6.45) is -0.155. The van der Waals surface area contributed by atoms with E-state index in [2.05, 4.69) is 5.32 Å². The Balaban J connectivity index is 1.70. The number of hydrogen-bond acceptors (Lipinski definition) is 5. The quantitative estimate of drug-likeness (QED) is 0.155. The van der Waals surface area contributed by atoms with Gasteiger partial charge in [0.2, 0.25) is 15.9 Å². The van der Waals surface area contributed by atoms with Crippen molar-refractivity contribution in [3.8, 4) is 5.75 Å². The number of carbonyl (C=O) groups is 1. The molecule has 0 saturated heterocycles. The average Bonchev–Trinajstić information content (AvgIpc) is 2.89. The van der Waals surface area contributed by atoms with E-state index in [4.69, 9.17) is 10.5 Å². The first-order valence-electron chi connectivity index (χ1n) is 14.0. The third kappa shape index (κ3) is 13.7. The zero-order chi connectivity index (χ0) is 30.3. The standard InChI is InChI=1S/C29H41F4N3O4S/c1-2-14-36(41(38,39)17-8-12-28(34)37)15-5-6-16-40-27-20-23(19-26(30)21-27)9-3-4-13-35-22-24-10-7-11-25(18-24)29(31,32)33/h7,10-11,18-21,35H,2-6,8-9,12-17,22H2,1H3,(H2,34,37). The van der Waals surface area contributed by atoms with E-state index in [9.17, 15) is 30.8 Å². The number of sulfonamides is 1. The van der Waals surface area contributed by atoms with Gasteiger partial charge in [-0.05, 0) is 80.8 Å². The van der Waals surface area contributed by atoms with Gasteiger partial charge in [-0.25, -0.2) is 17.1 Å². The fourth-order valence-corrected chi connectivity index (χ4v) is 5.93. The Morgan fingerprint density at radius 1 is 1.00 bits per heavy atom. The molecule has 0 bridgehead atoms. The lowest BCUT2D eigenvalue weighted by molar-refractivity contribution is -0.137. The molecule has 3 N–H and O–H groups in total. The zero-order valence-corrected chi connectivity index (χ0v) is 24.3. The van der Waals surface area contributed by atoms with E-state index in [-0.39, 0.29) is 18.6 Å². The van der Waals surface area contributed by atoms with E-state index >= 15 is 0 Å². The monoisotopic (exact) mass is 603 g/mol. The summed E-state index contributed by atoms with van der Waals surface area (Å²) in [6.45, 7) is 3.89. The van der Waals surface area contributed by atoms with Gasteiger partial charge in [-0.15, -0.1) is 0 Å². The van der Waals surface area contributed by atoms with Gasteiger partial charge in [0.15, 0.2) is 0 Å². The Morgan fingerprint density at radius 2 is 1.78 bits per heavy atom. The Hall–Kier alpha value is -2.70. The zero-order valence-electron chi connectivity index (χ0n) is 23.5. The van der Waals surface area contributed by atoms with Crippen LogP contribution in [0, 0.1) is 5.82 Å². The molecule has 0 aliphatic carbocycles. The smallest absolute Gasteiger partial charge is 0.416 e. The fourth-order valence-electron chi connectivity index (χ4n) is 4.30. The van der Waals surface area contributed by atoms with Crippen LogP contribution < -0.4 is 15.8 Å². The maximum Gasteiger partial charge on any atom is 0.416 e. The number of nitrogens with two attached hydrogens (primary N) is 1. The summed E-state index contributed by atoms with van der Waals surface area (Å²) in [5, 5.41) is 3.14. The number of ether oxygens (including phenoxy) is 1. The third-order valence-electron chi connectivity index (χ3n) is 6.35. The first-order valence-corrected chi connectivity index (χ1v) is 15.6. The molecule has 0 fully saturated rings. The molecular weight excluding hydrogens is 562 g/mol. The van der Waals surface area contributed by atoms with Crippen LogP contribution in [-0.2, 0) is 34.0 Å². The number of rotatable bonds is 20. The molecule has 0 aliphatic heterocycles. The van der Waals surface area contributed by atoms with Gasteiger partial charge in [0, 0.05) is 32.1 Å². The number of nitrogens with zero attached hydrogens (tertiary/aromatic N) is 1. The molecule has 0 unspecified atom stereocenters. The number of unbranched alkanes of at least 4 members (excludes halogenated alkanes) is 2. The Labute approximate surface area is 240 Å². The molecule has 12 heteroatoms. The largest absolute Gasteiger partial charge is 0.493 e. The first-order chi connectivity index (χ1) is 19.4. The third-order valence-corrected chi connectivity index (χ3v) is 8.30. The highest BCUT2D eigenvalue weighted by Gasteiger charge is 2.30. The van der Waals surface area contributed by atoms with Crippen molar-refractivity contribution in [2.45, 2.75) is 71.0 Å². The lowest BCUT2D eigenvalue weighted by atomic mass is 10.1. The fraction of sp³-hybridized carbons (Fsp3) is 0.552. The average molecular weight is 604 g/mol. The SMILES string of the molecule is CCCN(CCCCOc1cc(F)cc(CCCCNCc2cccc(C(F)(F)F)c2)c1)S(=O)(=O)CCCC(N)=O. The summed E-state index contributed by atoms with van der Waals surface area (Å²) in [5.41, 5.74) is 5.78. The molecule has 7 nitrogen and oxygen atoms in total. The highest BCUT2D eigenvalue weighted by atomic mass is 32.2. The number of halogens is 4. The molecule has 1 amide bonds. The van der Waals surface area contributed by atoms with Crippen molar-refractivity contribution in [3.05, 3.63) is 65.0 Å². The van der Waals surface area contributed by atoms with Gasteiger partial charge >= 0.3 is 6.18 Å². The van der Waals surface area contributed by atoms with Crippen LogP contribution in [0.3, 0.4) is 0 Å². The van der Waals surface area contributed by atoms with Crippen LogP contribution in [0.4, 0.5) is 17.6 Å². The number of benzene rings is 2. The van der Waals surface area contributed by atoms with Gasteiger partial charge in [-0.1, -0.05) is 25.1 Å². The highest BCUT2D eigenvalue weighted by Crippen LogP contribution is 2.29. The van der Waals surface area contributed by atoms with E-state index in [1.165, 1.54) is 22.5 Å². The van der Waals surface area contributed by atoms with Crippen molar-refractivity contribution in [2.24, 2.45) is 5.73 Å². The van der Waals surface area contributed by atoms with Crippen LogP contribution in [0.2, 0.25) is 0 Å². The van der Waals surface area contributed by atoms with E-state index in [0.29, 0.717) is 69.8 Å².